The van der Waals surface area contributed by atoms with Gasteiger partial charge in [0, 0.05) is 12.1 Å². The molecule has 0 aromatic heterocycles. The van der Waals surface area contributed by atoms with E-state index in [0.29, 0.717) is 17.7 Å². The summed E-state index contributed by atoms with van der Waals surface area (Å²) < 4.78 is 18.0. The molecule has 0 saturated carbocycles. The van der Waals surface area contributed by atoms with E-state index in [1.165, 1.54) is 23.9 Å². The predicted molar refractivity (Wildman–Crippen MR) is 110 cm³/mol. The van der Waals surface area contributed by atoms with Gasteiger partial charge in [-0.25, -0.2) is 9.18 Å². The van der Waals surface area contributed by atoms with E-state index in [0.717, 1.165) is 5.56 Å². The second-order valence-corrected chi connectivity index (χ2v) is 7.17. The van der Waals surface area contributed by atoms with Crippen LogP contribution in [0.2, 0.25) is 0 Å². The maximum atomic E-state index is 12.9. The number of nitrogens with one attached hydrogen (secondary N) is 2. The van der Waals surface area contributed by atoms with Crippen molar-refractivity contribution in [3.63, 3.8) is 0 Å². The zero-order valence-corrected chi connectivity index (χ0v) is 16.8. The Morgan fingerprint density at radius 2 is 1.76 bits per heavy atom. The number of carbonyl (C=O) groups is 3. The van der Waals surface area contributed by atoms with Crippen molar-refractivity contribution in [1.29, 1.82) is 0 Å². The van der Waals surface area contributed by atoms with Gasteiger partial charge in [-0.1, -0.05) is 30.3 Å². The van der Waals surface area contributed by atoms with Crippen molar-refractivity contribution in [2.45, 2.75) is 19.0 Å². The third-order valence-corrected chi connectivity index (χ3v) is 4.63. The molecule has 0 bridgehead atoms. The molecule has 2 rings (SSSR count). The van der Waals surface area contributed by atoms with Crippen molar-refractivity contribution < 1.29 is 23.5 Å². The number of esters is 1. The van der Waals surface area contributed by atoms with Crippen molar-refractivity contribution in [1.82, 2.24) is 10.6 Å². The number of hydrogen-bond donors (Lipinski definition) is 2. The smallest absolute Gasteiger partial charge is 0.329 e. The van der Waals surface area contributed by atoms with Gasteiger partial charge in [0.25, 0.3) is 11.8 Å². The van der Waals surface area contributed by atoms with Crippen LogP contribution in [0.3, 0.4) is 0 Å². The summed E-state index contributed by atoms with van der Waals surface area (Å²) in [6.07, 6.45) is 2.28. The lowest BCUT2D eigenvalue weighted by Gasteiger charge is -2.17. The monoisotopic (exact) mass is 418 g/mol. The lowest BCUT2D eigenvalue weighted by atomic mass is 10.1. The third-order valence-electron chi connectivity index (χ3n) is 3.98. The summed E-state index contributed by atoms with van der Waals surface area (Å²) in [5.41, 5.74) is 1.16. The van der Waals surface area contributed by atoms with Gasteiger partial charge in [-0.15, -0.1) is 0 Å². The summed E-state index contributed by atoms with van der Waals surface area (Å²) in [4.78, 5) is 36.6. The van der Waals surface area contributed by atoms with E-state index < -0.39 is 24.5 Å². The fraction of sp³-hybridized carbons (Fsp3) is 0.286. The average Bonchev–Trinajstić information content (AvgIpc) is 2.75. The molecule has 2 N–H and O–H groups in total. The maximum Gasteiger partial charge on any atom is 0.329 e. The minimum atomic E-state index is -0.847. The molecule has 8 heteroatoms. The van der Waals surface area contributed by atoms with Gasteiger partial charge in [0.1, 0.15) is 11.9 Å². The van der Waals surface area contributed by atoms with Crippen LogP contribution >= 0.6 is 11.8 Å². The van der Waals surface area contributed by atoms with Crippen LogP contribution in [-0.4, -0.2) is 42.4 Å². The number of thioether (sulfide) groups is 1. The minimum Gasteiger partial charge on any atom is -0.454 e. The fourth-order valence-electron chi connectivity index (χ4n) is 2.41. The largest absolute Gasteiger partial charge is 0.454 e. The lowest BCUT2D eigenvalue weighted by molar-refractivity contribution is -0.150. The van der Waals surface area contributed by atoms with Gasteiger partial charge in [0.05, 0.1) is 0 Å². The van der Waals surface area contributed by atoms with Crippen molar-refractivity contribution in [3.05, 3.63) is 71.5 Å². The minimum absolute atomic E-state index is 0.192. The van der Waals surface area contributed by atoms with E-state index in [1.807, 2.05) is 6.26 Å². The molecule has 0 spiro atoms. The molecule has 0 aliphatic heterocycles. The molecule has 0 radical (unpaired) electrons. The summed E-state index contributed by atoms with van der Waals surface area (Å²) in [5.74, 6) is -1.25. The number of ether oxygens (including phenoxy) is 1. The Labute approximate surface area is 173 Å². The third kappa shape index (κ3) is 7.95. The predicted octanol–water partition coefficient (Wildman–Crippen LogP) is 2.54. The highest BCUT2D eigenvalue weighted by molar-refractivity contribution is 7.98. The van der Waals surface area contributed by atoms with E-state index in [1.54, 1.807) is 42.5 Å². The highest BCUT2D eigenvalue weighted by Gasteiger charge is 2.23. The molecule has 2 aromatic rings. The summed E-state index contributed by atoms with van der Waals surface area (Å²) in [6, 6.07) is 13.4. The van der Waals surface area contributed by atoms with Crippen LogP contribution in [0.25, 0.3) is 0 Å². The lowest BCUT2D eigenvalue weighted by Crippen LogP contribution is -2.43. The van der Waals surface area contributed by atoms with Crippen LogP contribution in [0.15, 0.2) is 54.6 Å². The quantitative estimate of drug-likeness (QED) is 0.580. The topological polar surface area (TPSA) is 84.5 Å². The van der Waals surface area contributed by atoms with Gasteiger partial charge < -0.3 is 15.4 Å². The summed E-state index contributed by atoms with van der Waals surface area (Å²) >= 11 is 1.54. The van der Waals surface area contributed by atoms with Crippen molar-refractivity contribution in [3.8, 4) is 0 Å². The number of halogens is 1. The fourth-order valence-corrected chi connectivity index (χ4v) is 2.88. The Morgan fingerprint density at radius 3 is 2.41 bits per heavy atom. The first-order chi connectivity index (χ1) is 14.0. The van der Waals surface area contributed by atoms with Gasteiger partial charge in [0.15, 0.2) is 6.61 Å². The summed E-state index contributed by atoms with van der Waals surface area (Å²) in [7, 11) is 0. The maximum absolute atomic E-state index is 12.9. The van der Waals surface area contributed by atoms with E-state index in [9.17, 15) is 18.8 Å². The molecule has 2 amide bonds. The summed E-state index contributed by atoms with van der Waals surface area (Å²) in [6.45, 7) is -0.270. The van der Waals surface area contributed by atoms with Crippen LogP contribution < -0.4 is 10.6 Å². The molecule has 2 aromatic carbocycles. The molecule has 0 aliphatic rings. The molecule has 0 unspecified atom stereocenters. The van der Waals surface area contributed by atoms with E-state index >= 15 is 0 Å². The second-order valence-electron chi connectivity index (χ2n) is 6.18. The number of benzene rings is 2. The number of carbonyl (C=O) groups excluding carboxylic acids is 3. The molecule has 154 valence electrons. The molecule has 0 saturated heterocycles. The first kappa shape index (κ1) is 22.4. The Morgan fingerprint density at radius 1 is 1.07 bits per heavy atom. The van der Waals surface area contributed by atoms with E-state index in [4.69, 9.17) is 4.74 Å². The first-order valence-corrected chi connectivity index (χ1v) is 10.4. The molecular formula is C21H23FN2O4S. The zero-order valence-electron chi connectivity index (χ0n) is 16.0. The molecule has 0 heterocycles. The first-order valence-electron chi connectivity index (χ1n) is 9.02. The van der Waals surface area contributed by atoms with Crippen LogP contribution in [0.5, 0.6) is 0 Å². The zero-order chi connectivity index (χ0) is 21.1. The van der Waals surface area contributed by atoms with E-state index in [2.05, 4.69) is 10.6 Å². The number of amides is 2. The van der Waals surface area contributed by atoms with Crippen molar-refractivity contribution >= 4 is 29.5 Å². The molecule has 29 heavy (non-hydrogen) atoms. The van der Waals surface area contributed by atoms with Gasteiger partial charge >= 0.3 is 5.97 Å². The Kier molecular flexibility index (Phi) is 9.17. The van der Waals surface area contributed by atoms with Gasteiger partial charge in [-0.3, -0.25) is 9.59 Å². The average molecular weight is 418 g/mol. The molecule has 1 atom stereocenters. The van der Waals surface area contributed by atoms with Crippen molar-refractivity contribution in [2.24, 2.45) is 0 Å². The standard InChI is InChI=1S/C21H23FN2O4S/c1-29-12-11-18(24-20(26)16-5-3-2-4-6-16)21(27)28-14-19(25)23-13-15-7-9-17(22)10-8-15/h2-10,18H,11-14H2,1H3,(H,23,25)(H,24,26)/t18-/m1/s1. The number of rotatable bonds is 10. The highest BCUT2D eigenvalue weighted by atomic mass is 32.2. The molecule has 0 aliphatic carbocycles. The SMILES string of the molecule is CSCC[C@@H](NC(=O)c1ccccc1)C(=O)OCC(=O)NCc1ccc(F)cc1. The molecule has 6 nitrogen and oxygen atoms in total. The summed E-state index contributed by atoms with van der Waals surface area (Å²) in [5, 5.41) is 5.25. The Hall–Kier alpha value is -2.87. The second kappa shape index (κ2) is 11.9. The van der Waals surface area contributed by atoms with Gasteiger partial charge in [0.2, 0.25) is 0 Å². The van der Waals surface area contributed by atoms with Gasteiger partial charge in [-0.05, 0) is 48.3 Å². The van der Waals surface area contributed by atoms with Crippen LogP contribution in [-0.2, 0) is 20.9 Å². The highest BCUT2D eigenvalue weighted by Crippen LogP contribution is 2.06. The van der Waals surface area contributed by atoms with Crippen molar-refractivity contribution in [2.75, 3.05) is 18.6 Å². The van der Waals surface area contributed by atoms with Crippen LogP contribution in [0, 0.1) is 5.82 Å². The molecule has 0 fully saturated rings. The Balaban J connectivity index is 1.83. The van der Waals surface area contributed by atoms with Crippen LogP contribution in [0.1, 0.15) is 22.3 Å². The molecular weight excluding hydrogens is 395 g/mol. The van der Waals surface area contributed by atoms with Crippen LogP contribution in [0.4, 0.5) is 4.39 Å². The number of hydrogen-bond acceptors (Lipinski definition) is 5. The van der Waals surface area contributed by atoms with E-state index in [-0.39, 0.29) is 18.3 Å². The van der Waals surface area contributed by atoms with Gasteiger partial charge in [-0.2, -0.15) is 11.8 Å². The normalized spacial score (nSPS) is 11.4. The Bertz CT molecular complexity index is 815.